The van der Waals surface area contributed by atoms with Gasteiger partial charge in [0.25, 0.3) is 0 Å². The SMILES string of the molecule is C1=CC(N(C2=CC=C(c3ccc4c(c3)sc3ccccc34)CC2)c2ccccc2-c2ccc3c(c2)Oc2ccc4c(c2O3)-c2ccccc2C42c3ccccc3-c3ccccc32)CC=C1c1ccccc1. The Morgan fingerprint density at radius 2 is 1.15 bits per heavy atom. The van der Waals surface area contributed by atoms with Crippen LogP contribution in [-0.4, -0.2) is 6.04 Å². The van der Waals surface area contributed by atoms with Gasteiger partial charge in [-0.05, 0) is 129 Å². The predicted octanol–water partition coefficient (Wildman–Crippen LogP) is 17.9. The summed E-state index contributed by atoms with van der Waals surface area (Å²) >= 11 is 1.89. The molecular formula is C67H45NO2S. The van der Waals surface area contributed by atoms with Crippen LogP contribution in [0.25, 0.3) is 64.7 Å². The quantitative estimate of drug-likeness (QED) is 0.166. The van der Waals surface area contributed by atoms with Crippen LogP contribution < -0.4 is 14.4 Å². The van der Waals surface area contributed by atoms with E-state index in [9.17, 15) is 0 Å². The van der Waals surface area contributed by atoms with Gasteiger partial charge in [-0.15, -0.1) is 11.3 Å². The van der Waals surface area contributed by atoms with E-state index >= 15 is 0 Å². The minimum atomic E-state index is -0.456. The number of benzene rings is 9. The molecule has 336 valence electrons. The van der Waals surface area contributed by atoms with Crippen molar-refractivity contribution in [1.82, 2.24) is 0 Å². The van der Waals surface area contributed by atoms with Gasteiger partial charge in [0.2, 0.25) is 0 Å². The Balaban J connectivity index is 0.803. The molecule has 1 atom stereocenters. The Labute approximate surface area is 417 Å². The van der Waals surface area contributed by atoms with Crippen LogP contribution in [0.4, 0.5) is 5.69 Å². The van der Waals surface area contributed by atoms with E-state index in [0.717, 1.165) is 47.5 Å². The summed E-state index contributed by atoms with van der Waals surface area (Å²) in [5.74, 6) is 2.92. The smallest absolute Gasteiger partial charge is 0.178 e. The molecule has 5 aliphatic rings. The monoisotopic (exact) mass is 927 g/mol. The van der Waals surface area contributed by atoms with E-state index in [2.05, 4.69) is 235 Å². The third kappa shape index (κ3) is 6.08. The minimum absolute atomic E-state index is 0.121. The molecule has 0 fully saturated rings. The number of hydrogen-bond donors (Lipinski definition) is 0. The summed E-state index contributed by atoms with van der Waals surface area (Å²) < 4.78 is 16.7. The van der Waals surface area contributed by atoms with E-state index in [0.29, 0.717) is 11.5 Å². The molecule has 15 rings (SSSR count). The first-order valence-corrected chi connectivity index (χ1v) is 25.6. The number of hydrogen-bond acceptors (Lipinski definition) is 4. The number of ether oxygens (including phenoxy) is 2. The van der Waals surface area contributed by atoms with Gasteiger partial charge in [-0.25, -0.2) is 0 Å². The maximum Gasteiger partial charge on any atom is 0.178 e. The first-order valence-electron chi connectivity index (χ1n) is 24.8. The second-order valence-corrected chi connectivity index (χ2v) is 20.4. The second kappa shape index (κ2) is 15.8. The maximum absolute atomic E-state index is 7.08. The summed E-state index contributed by atoms with van der Waals surface area (Å²) in [5, 5.41) is 2.68. The van der Waals surface area contributed by atoms with Crippen LogP contribution in [0.5, 0.6) is 23.0 Å². The van der Waals surface area contributed by atoms with E-state index in [4.69, 9.17) is 9.47 Å². The van der Waals surface area contributed by atoms with Gasteiger partial charge in [0.15, 0.2) is 23.0 Å². The molecule has 1 aliphatic heterocycles. The summed E-state index contributed by atoms with van der Waals surface area (Å²) in [6.07, 6.45) is 14.6. The highest BCUT2D eigenvalue weighted by Crippen LogP contribution is 2.66. The van der Waals surface area contributed by atoms with Gasteiger partial charge in [-0.3, -0.25) is 0 Å². The number of fused-ring (bicyclic) bond motifs is 16. The summed E-state index contributed by atoms with van der Waals surface area (Å²) in [6, 6.07) is 73.1. The summed E-state index contributed by atoms with van der Waals surface area (Å²) in [5.41, 5.74) is 19.4. The Kier molecular flexibility index (Phi) is 9.00. The van der Waals surface area contributed by atoms with Gasteiger partial charge in [-0.1, -0.05) is 188 Å². The van der Waals surface area contributed by atoms with Crippen LogP contribution in [0.2, 0.25) is 0 Å². The molecule has 2 heterocycles. The molecule has 3 nitrogen and oxygen atoms in total. The molecule has 0 amide bonds. The third-order valence-electron chi connectivity index (χ3n) is 15.6. The molecule has 0 bridgehead atoms. The van der Waals surface area contributed by atoms with Crippen LogP contribution in [0.3, 0.4) is 0 Å². The normalized spacial score (nSPS) is 16.4. The highest BCUT2D eigenvalue weighted by molar-refractivity contribution is 7.25. The highest BCUT2D eigenvalue weighted by atomic mass is 32.1. The van der Waals surface area contributed by atoms with Crippen molar-refractivity contribution in [3.8, 4) is 56.4 Å². The average Bonchev–Trinajstić information content (AvgIpc) is 4.08. The first-order chi connectivity index (χ1) is 35.2. The van der Waals surface area contributed by atoms with Crippen molar-refractivity contribution in [1.29, 1.82) is 0 Å². The maximum atomic E-state index is 7.08. The third-order valence-corrected chi connectivity index (χ3v) is 16.8. The first kappa shape index (κ1) is 40.4. The molecule has 9 aromatic carbocycles. The summed E-state index contributed by atoms with van der Waals surface area (Å²) in [7, 11) is 0. The lowest BCUT2D eigenvalue weighted by molar-refractivity contribution is 0.360. The Hall–Kier alpha value is -8.44. The van der Waals surface area contributed by atoms with Crippen LogP contribution >= 0.6 is 11.3 Å². The topological polar surface area (TPSA) is 21.7 Å². The van der Waals surface area contributed by atoms with E-state index in [1.807, 2.05) is 11.3 Å². The number of nitrogens with zero attached hydrogens (tertiary/aromatic N) is 1. The lowest BCUT2D eigenvalue weighted by Crippen LogP contribution is -2.34. The Morgan fingerprint density at radius 1 is 0.479 bits per heavy atom. The zero-order chi connectivity index (χ0) is 46.6. The van der Waals surface area contributed by atoms with Crippen molar-refractivity contribution < 1.29 is 9.47 Å². The summed E-state index contributed by atoms with van der Waals surface area (Å²) in [4.78, 5) is 2.59. The van der Waals surface area contributed by atoms with Crippen molar-refractivity contribution >= 4 is 48.3 Å². The van der Waals surface area contributed by atoms with Gasteiger partial charge in [0, 0.05) is 42.7 Å². The van der Waals surface area contributed by atoms with Crippen LogP contribution in [-0.2, 0) is 5.41 Å². The van der Waals surface area contributed by atoms with Gasteiger partial charge in [0.05, 0.1) is 11.5 Å². The van der Waals surface area contributed by atoms with Gasteiger partial charge < -0.3 is 14.4 Å². The molecule has 0 saturated carbocycles. The highest BCUT2D eigenvalue weighted by Gasteiger charge is 2.53. The fraction of sp³-hybridized carbons (Fsp3) is 0.0746. The zero-order valence-corrected chi connectivity index (χ0v) is 39.6. The number of para-hydroxylation sites is 1. The fourth-order valence-electron chi connectivity index (χ4n) is 12.5. The van der Waals surface area contributed by atoms with E-state index in [1.165, 1.54) is 92.8 Å². The number of anilines is 1. The molecule has 4 aliphatic carbocycles. The number of rotatable bonds is 6. The van der Waals surface area contributed by atoms with Gasteiger partial charge in [-0.2, -0.15) is 0 Å². The second-order valence-electron chi connectivity index (χ2n) is 19.3. The molecule has 1 unspecified atom stereocenters. The van der Waals surface area contributed by atoms with Crippen molar-refractivity contribution in [2.24, 2.45) is 0 Å². The molecule has 0 radical (unpaired) electrons. The molecule has 4 heteroatoms. The molecule has 0 N–H and O–H groups in total. The minimum Gasteiger partial charge on any atom is -0.449 e. The lowest BCUT2D eigenvalue weighted by Gasteiger charge is -2.37. The Morgan fingerprint density at radius 3 is 1.93 bits per heavy atom. The Bertz CT molecular complexity index is 3950. The van der Waals surface area contributed by atoms with E-state index < -0.39 is 5.41 Å². The predicted molar refractivity (Wildman–Crippen MR) is 294 cm³/mol. The number of allylic oxidation sites excluding steroid dienone is 6. The molecule has 0 saturated heterocycles. The molecule has 1 aromatic heterocycles. The van der Waals surface area contributed by atoms with E-state index in [-0.39, 0.29) is 6.04 Å². The van der Waals surface area contributed by atoms with Crippen molar-refractivity contribution in [3.05, 3.63) is 270 Å². The summed E-state index contributed by atoms with van der Waals surface area (Å²) in [6.45, 7) is 0. The molecule has 10 aromatic rings. The largest absolute Gasteiger partial charge is 0.449 e. The number of thiophene rings is 1. The molecular weight excluding hydrogens is 883 g/mol. The molecule has 71 heavy (non-hydrogen) atoms. The molecule has 1 spiro atoms. The lowest BCUT2D eigenvalue weighted by atomic mass is 9.70. The van der Waals surface area contributed by atoms with Crippen LogP contribution in [0, 0.1) is 0 Å². The van der Waals surface area contributed by atoms with Crippen molar-refractivity contribution in [2.75, 3.05) is 4.90 Å². The average molecular weight is 928 g/mol. The van der Waals surface area contributed by atoms with Gasteiger partial charge >= 0.3 is 0 Å². The fourth-order valence-corrected chi connectivity index (χ4v) is 13.6. The van der Waals surface area contributed by atoms with Gasteiger partial charge in [0.1, 0.15) is 0 Å². The van der Waals surface area contributed by atoms with Crippen molar-refractivity contribution in [3.63, 3.8) is 0 Å². The standard InChI is InChI=1S/C67H45NO2S/c1-2-14-42(15-3-1)43-26-32-47(33-27-43)68(48-34-28-44(29-35-48)45-30-36-53-52-19-8-13-25-63(52)71-64(53)41-45)59-24-12-7-16-49(59)46-31-38-60-62(40-46)69-61-39-37-58-65(66(61)70-60)54-20-6-11-23-57(54)67(58)55-21-9-4-17-50(55)51-18-5-10-22-56(51)67/h1-28,30-32,34,36-41,47H,29,33,35H2. The zero-order valence-electron chi connectivity index (χ0n) is 38.8. The van der Waals surface area contributed by atoms with E-state index in [1.54, 1.807) is 0 Å². The van der Waals surface area contributed by atoms with Crippen molar-refractivity contribution in [2.45, 2.75) is 30.7 Å². The van der Waals surface area contributed by atoms with Crippen LogP contribution in [0.15, 0.2) is 236 Å². The van der Waals surface area contributed by atoms with Crippen LogP contribution in [0.1, 0.15) is 52.6 Å².